The number of pyridine rings is 1. The van der Waals surface area contributed by atoms with Gasteiger partial charge in [0.15, 0.2) is 0 Å². The number of nitrogens with one attached hydrogen (secondary N) is 1. The summed E-state index contributed by atoms with van der Waals surface area (Å²) >= 11 is 0. The largest absolute Gasteiger partial charge is 0.352 e. The van der Waals surface area contributed by atoms with Crippen LogP contribution in [0, 0.1) is 6.92 Å². The van der Waals surface area contributed by atoms with E-state index in [1.165, 1.54) is 6.07 Å². The zero-order valence-corrected chi connectivity index (χ0v) is 26.8. The Kier molecular flexibility index (Phi) is 10.4. The van der Waals surface area contributed by atoms with E-state index in [1.54, 1.807) is 54.6 Å². The maximum Gasteiger partial charge on any atom is 0.264 e. The predicted octanol–water partition coefficient (Wildman–Crippen LogP) is 6.95. The number of benzene rings is 4. The van der Waals surface area contributed by atoms with Crippen LogP contribution in [0.4, 0.5) is 5.82 Å². The fourth-order valence-electron chi connectivity index (χ4n) is 5.28. The number of hydrogen-bond acceptors (Lipinski definition) is 6. The van der Waals surface area contributed by atoms with Gasteiger partial charge in [-0.2, -0.15) is 0 Å². The zero-order valence-electron chi connectivity index (χ0n) is 26.0. The summed E-state index contributed by atoms with van der Waals surface area (Å²) in [7, 11) is -4.28. The van der Waals surface area contributed by atoms with Crippen LogP contribution in [-0.4, -0.2) is 31.6 Å². The molecule has 1 aromatic heterocycles. The average molecular weight is 632 g/mol. The van der Waals surface area contributed by atoms with Gasteiger partial charge in [0.2, 0.25) is 0 Å². The lowest BCUT2D eigenvalue weighted by Gasteiger charge is -2.25. The average Bonchev–Trinajstić information content (AvgIpc) is 3.06. The van der Waals surface area contributed by atoms with Crippen LogP contribution in [0.25, 0.3) is 11.3 Å². The molecule has 1 amide bonds. The van der Waals surface area contributed by atoms with E-state index in [-0.39, 0.29) is 29.1 Å². The molecule has 8 heteroatoms. The number of carbonyl (C=O) groups is 2. The van der Waals surface area contributed by atoms with Gasteiger partial charge in [-0.15, -0.1) is 0 Å². The Bertz CT molecular complexity index is 1910. The van der Waals surface area contributed by atoms with Gasteiger partial charge in [-0.1, -0.05) is 103 Å². The van der Waals surface area contributed by atoms with Crippen molar-refractivity contribution in [2.24, 2.45) is 0 Å². The molecule has 0 saturated carbocycles. The molecule has 5 aromatic rings. The number of rotatable bonds is 13. The number of carbonyl (C=O) groups excluding carboxylic acids is 2. The monoisotopic (exact) mass is 631 g/mol. The Balaban J connectivity index is 1.54. The molecule has 5 rings (SSSR count). The molecule has 0 spiro atoms. The van der Waals surface area contributed by atoms with Crippen molar-refractivity contribution in [2.45, 2.75) is 44.6 Å². The van der Waals surface area contributed by atoms with Gasteiger partial charge in [0.25, 0.3) is 15.9 Å². The lowest BCUT2D eigenvalue weighted by Crippen LogP contribution is -2.31. The first kappa shape index (κ1) is 32.3. The quantitative estimate of drug-likeness (QED) is 0.151. The number of aryl methyl sites for hydroxylation is 1. The van der Waals surface area contributed by atoms with Crippen LogP contribution >= 0.6 is 0 Å². The molecule has 0 aliphatic rings. The van der Waals surface area contributed by atoms with E-state index in [0.717, 1.165) is 28.7 Å². The summed E-state index contributed by atoms with van der Waals surface area (Å²) in [5, 5.41) is 0. The van der Waals surface area contributed by atoms with Crippen LogP contribution in [-0.2, 0) is 34.2 Å². The summed E-state index contributed by atoms with van der Waals surface area (Å²) in [5.74, 6) is -0.0496. The molecular weight excluding hydrogens is 595 g/mol. The van der Waals surface area contributed by atoms with Gasteiger partial charge >= 0.3 is 0 Å². The molecule has 0 fully saturated rings. The van der Waals surface area contributed by atoms with Crippen LogP contribution in [0.2, 0.25) is 0 Å². The van der Waals surface area contributed by atoms with Crippen LogP contribution in [0.15, 0.2) is 126 Å². The van der Waals surface area contributed by atoms with Gasteiger partial charge in [-0.25, -0.2) is 18.1 Å². The summed E-state index contributed by atoms with van der Waals surface area (Å²) in [5.41, 5.74) is 4.86. The van der Waals surface area contributed by atoms with Crippen LogP contribution in [0.5, 0.6) is 0 Å². The molecule has 0 bridgehead atoms. The first-order valence-electron chi connectivity index (χ1n) is 15.3. The van der Waals surface area contributed by atoms with Gasteiger partial charge < -0.3 is 4.90 Å². The summed E-state index contributed by atoms with van der Waals surface area (Å²) in [6, 6.07) is 36.3. The van der Waals surface area contributed by atoms with Gasteiger partial charge in [0.1, 0.15) is 11.6 Å². The molecule has 0 radical (unpaired) electrons. The van der Waals surface area contributed by atoms with Crippen LogP contribution in [0.3, 0.4) is 0 Å². The smallest absolute Gasteiger partial charge is 0.264 e. The van der Waals surface area contributed by atoms with Gasteiger partial charge in [0.05, 0.1) is 10.6 Å². The summed E-state index contributed by atoms with van der Waals surface area (Å²) < 4.78 is 29.5. The van der Waals surface area contributed by atoms with Crippen molar-refractivity contribution < 1.29 is 18.0 Å². The highest BCUT2D eigenvalue weighted by molar-refractivity contribution is 7.90. The minimum Gasteiger partial charge on any atom is -0.352 e. The molecule has 0 unspecified atom stereocenters. The van der Waals surface area contributed by atoms with Crippen molar-refractivity contribution in [3.63, 3.8) is 0 Å². The van der Waals surface area contributed by atoms with Gasteiger partial charge in [-0.05, 0) is 60.4 Å². The number of aromatic nitrogens is 1. The van der Waals surface area contributed by atoms with Crippen LogP contribution in [0.1, 0.15) is 46.0 Å². The van der Waals surface area contributed by atoms with Crippen molar-refractivity contribution in [3.8, 4) is 11.3 Å². The highest BCUT2D eigenvalue weighted by Crippen LogP contribution is 2.30. The Morgan fingerprint density at radius 3 is 2.07 bits per heavy atom. The Morgan fingerprint density at radius 2 is 1.37 bits per heavy atom. The molecule has 4 aromatic carbocycles. The lowest BCUT2D eigenvalue weighted by molar-refractivity contribution is -0.117. The molecule has 1 heterocycles. The zero-order chi connectivity index (χ0) is 32.5. The van der Waals surface area contributed by atoms with E-state index < -0.39 is 15.9 Å². The van der Waals surface area contributed by atoms with Gasteiger partial charge in [0, 0.05) is 37.1 Å². The molecule has 1 N–H and O–H groups in total. The van der Waals surface area contributed by atoms with E-state index in [0.29, 0.717) is 30.2 Å². The lowest BCUT2D eigenvalue weighted by atomic mass is 10.0. The number of nitrogens with zero attached hydrogens (tertiary/aromatic N) is 2. The number of ketones is 1. The fraction of sp³-hybridized carbons (Fsp3) is 0.184. The topological polar surface area (TPSA) is 96.4 Å². The van der Waals surface area contributed by atoms with Crippen molar-refractivity contribution in [2.75, 3.05) is 11.4 Å². The van der Waals surface area contributed by atoms with Gasteiger partial charge in [-0.3, -0.25) is 9.59 Å². The molecule has 0 saturated heterocycles. The second-order valence-corrected chi connectivity index (χ2v) is 13.0. The number of Topliss-reactive ketones (excluding diaryl/α,β-unsaturated/α-hetero) is 1. The van der Waals surface area contributed by atoms with Crippen molar-refractivity contribution >= 4 is 27.5 Å². The minimum absolute atomic E-state index is 0.0353. The van der Waals surface area contributed by atoms with Crippen molar-refractivity contribution in [1.29, 1.82) is 0 Å². The molecular formula is C38H37N3O4S. The van der Waals surface area contributed by atoms with E-state index in [1.807, 2.05) is 55.5 Å². The highest BCUT2D eigenvalue weighted by Gasteiger charge is 2.24. The SMILES string of the molecule is CCCN(Cc1ccccc1)c1cc(CC(=O)Cc2ccc(C)cc2)cc(-c2ccccc2S(=O)(=O)NC(=O)c2ccccc2)n1. The fourth-order valence-corrected chi connectivity index (χ4v) is 6.47. The van der Waals surface area contributed by atoms with E-state index >= 15 is 0 Å². The third kappa shape index (κ3) is 8.34. The van der Waals surface area contributed by atoms with Crippen molar-refractivity contribution in [3.05, 3.63) is 149 Å². The van der Waals surface area contributed by atoms with Crippen molar-refractivity contribution in [1.82, 2.24) is 9.71 Å². The maximum atomic E-state index is 13.6. The Hall–Kier alpha value is -5.08. The summed E-state index contributed by atoms with van der Waals surface area (Å²) in [6.07, 6.45) is 1.30. The Morgan fingerprint density at radius 1 is 0.739 bits per heavy atom. The first-order chi connectivity index (χ1) is 22.2. The number of sulfonamides is 1. The maximum absolute atomic E-state index is 13.6. The number of hydrogen-bond donors (Lipinski definition) is 1. The molecule has 46 heavy (non-hydrogen) atoms. The molecule has 0 aliphatic heterocycles. The predicted molar refractivity (Wildman–Crippen MR) is 182 cm³/mol. The number of anilines is 1. The molecule has 0 aliphatic carbocycles. The molecule has 7 nitrogen and oxygen atoms in total. The summed E-state index contributed by atoms with van der Waals surface area (Å²) in [6.45, 7) is 5.39. The summed E-state index contributed by atoms with van der Waals surface area (Å²) in [4.78, 5) is 33.2. The Labute approximate surface area is 271 Å². The third-order valence-electron chi connectivity index (χ3n) is 7.54. The minimum atomic E-state index is -4.28. The normalized spacial score (nSPS) is 11.2. The van der Waals surface area contributed by atoms with E-state index in [4.69, 9.17) is 4.98 Å². The second-order valence-electron chi connectivity index (χ2n) is 11.3. The van der Waals surface area contributed by atoms with Crippen LogP contribution < -0.4 is 9.62 Å². The molecule has 0 atom stereocenters. The second kappa shape index (κ2) is 14.8. The highest BCUT2D eigenvalue weighted by atomic mass is 32.2. The number of amides is 1. The van der Waals surface area contributed by atoms with E-state index in [9.17, 15) is 18.0 Å². The molecule has 234 valence electrons. The van der Waals surface area contributed by atoms with E-state index in [2.05, 4.69) is 28.7 Å². The first-order valence-corrected chi connectivity index (χ1v) is 16.8. The third-order valence-corrected chi connectivity index (χ3v) is 8.93. The standard InChI is InChI=1S/C38H37N3O4S/c1-3-22-41(27-30-12-6-4-7-13-30)37-26-31(24-33(42)23-29-20-18-28(2)19-21-29)25-35(39-37)34-16-10-11-17-36(34)46(44,45)40-38(43)32-14-8-5-9-15-32/h4-21,25-26H,3,22-24,27H2,1-2H3,(H,40,43).